The van der Waals surface area contributed by atoms with E-state index in [0.29, 0.717) is 0 Å². The topological polar surface area (TPSA) is 46.0 Å². The summed E-state index contributed by atoms with van der Waals surface area (Å²) in [5.74, 6) is 0. The molecule has 0 amide bonds. The Morgan fingerprint density at radius 1 is 1.13 bits per heavy atom. The van der Waals surface area contributed by atoms with Crippen molar-refractivity contribution in [2.75, 3.05) is 32.7 Å². The number of hydrogen-bond donors (Lipinski definition) is 1. The van der Waals surface area contributed by atoms with Crippen LogP contribution in [0.5, 0.6) is 0 Å². The molecule has 2 heterocycles. The molecule has 5 heteroatoms. The fourth-order valence-electron chi connectivity index (χ4n) is 1.89. The van der Waals surface area contributed by atoms with Crippen molar-refractivity contribution in [3.8, 4) is 0 Å². The lowest BCUT2D eigenvalue weighted by Crippen LogP contribution is -2.43. The molecule has 1 fully saturated rings. The Labute approximate surface area is 90.5 Å². The Hall–Kier alpha value is -0.940. The van der Waals surface area contributed by atoms with Crippen molar-refractivity contribution in [3.05, 3.63) is 12.7 Å². The highest BCUT2D eigenvalue weighted by Crippen LogP contribution is 1.98. The van der Waals surface area contributed by atoms with Crippen molar-refractivity contribution in [1.82, 2.24) is 25.0 Å². The zero-order valence-corrected chi connectivity index (χ0v) is 9.10. The molecule has 0 radical (unpaired) electrons. The molecule has 0 aliphatic carbocycles. The first-order chi connectivity index (χ1) is 7.45. The van der Waals surface area contributed by atoms with Crippen LogP contribution in [0.4, 0.5) is 0 Å². The molecule has 0 bridgehead atoms. The monoisotopic (exact) mass is 209 g/mol. The molecule has 0 unspecified atom stereocenters. The van der Waals surface area contributed by atoms with Gasteiger partial charge >= 0.3 is 0 Å². The molecule has 1 aliphatic rings. The van der Waals surface area contributed by atoms with Crippen molar-refractivity contribution < 1.29 is 0 Å². The molecule has 0 aromatic carbocycles. The van der Waals surface area contributed by atoms with Gasteiger partial charge in [0.05, 0.1) is 0 Å². The molecule has 2 rings (SSSR count). The third-order valence-corrected chi connectivity index (χ3v) is 2.79. The van der Waals surface area contributed by atoms with E-state index < -0.39 is 0 Å². The number of rotatable bonds is 5. The Morgan fingerprint density at radius 3 is 2.67 bits per heavy atom. The predicted molar refractivity (Wildman–Crippen MR) is 58.6 cm³/mol. The van der Waals surface area contributed by atoms with Gasteiger partial charge in [-0.05, 0) is 19.4 Å². The maximum atomic E-state index is 4.08. The second-order valence-electron chi connectivity index (χ2n) is 3.96. The standard InChI is InChI=1S/C10H19N5/c1(2-6-15-10-12-9-13-15)5-14-7-3-11-4-8-14/h9-11H,1-8H2. The first kappa shape index (κ1) is 10.6. The Bertz CT molecular complexity index is 253. The first-order valence-electron chi connectivity index (χ1n) is 5.70. The second kappa shape index (κ2) is 5.82. The quantitative estimate of drug-likeness (QED) is 0.691. The summed E-state index contributed by atoms with van der Waals surface area (Å²) in [6.07, 6.45) is 5.81. The van der Waals surface area contributed by atoms with Gasteiger partial charge in [-0.2, -0.15) is 5.10 Å². The molecule has 5 nitrogen and oxygen atoms in total. The fraction of sp³-hybridized carbons (Fsp3) is 0.800. The number of aryl methyl sites for hydroxylation is 1. The third-order valence-electron chi connectivity index (χ3n) is 2.79. The Balaban J connectivity index is 1.54. The van der Waals surface area contributed by atoms with Crippen LogP contribution in [-0.4, -0.2) is 52.4 Å². The average Bonchev–Trinajstić information content (AvgIpc) is 2.79. The number of hydrogen-bond acceptors (Lipinski definition) is 4. The first-order valence-corrected chi connectivity index (χ1v) is 5.70. The summed E-state index contributed by atoms with van der Waals surface area (Å²) < 4.78 is 1.90. The normalized spacial score (nSPS) is 18.1. The smallest absolute Gasteiger partial charge is 0.137 e. The van der Waals surface area contributed by atoms with E-state index in [1.54, 1.807) is 12.7 Å². The van der Waals surface area contributed by atoms with Crippen molar-refractivity contribution in [3.63, 3.8) is 0 Å². The number of nitrogens with one attached hydrogen (secondary N) is 1. The predicted octanol–water partition coefficient (Wildman–Crippen LogP) is -0.0365. The minimum atomic E-state index is 0.992. The van der Waals surface area contributed by atoms with Gasteiger partial charge in [-0.25, -0.2) is 4.98 Å². The van der Waals surface area contributed by atoms with Crippen molar-refractivity contribution in [1.29, 1.82) is 0 Å². The van der Waals surface area contributed by atoms with Gasteiger partial charge in [0, 0.05) is 32.7 Å². The number of nitrogens with zero attached hydrogens (tertiary/aromatic N) is 4. The SMILES string of the molecule is c1ncn(CCCCN2CCNCC2)n1. The third kappa shape index (κ3) is 3.60. The van der Waals surface area contributed by atoms with Crippen LogP contribution in [0.15, 0.2) is 12.7 Å². The van der Waals surface area contributed by atoms with Gasteiger partial charge in [0.25, 0.3) is 0 Å². The van der Waals surface area contributed by atoms with Crippen molar-refractivity contribution >= 4 is 0 Å². The van der Waals surface area contributed by atoms with E-state index in [0.717, 1.165) is 19.6 Å². The molecular weight excluding hydrogens is 190 g/mol. The van der Waals surface area contributed by atoms with E-state index in [2.05, 4.69) is 20.3 Å². The van der Waals surface area contributed by atoms with Crippen molar-refractivity contribution in [2.45, 2.75) is 19.4 Å². The summed E-state index contributed by atoms with van der Waals surface area (Å²) in [6, 6.07) is 0. The van der Waals surface area contributed by atoms with E-state index >= 15 is 0 Å². The highest BCUT2D eigenvalue weighted by Gasteiger charge is 2.07. The highest BCUT2D eigenvalue weighted by molar-refractivity contribution is 4.67. The van der Waals surface area contributed by atoms with E-state index in [1.807, 2.05) is 4.68 Å². The van der Waals surface area contributed by atoms with Crippen molar-refractivity contribution in [2.24, 2.45) is 0 Å². The van der Waals surface area contributed by atoms with Crippen LogP contribution in [0, 0.1) is 0 Å². The number of aromatic nitrogens is 3. The van der Waals surface area contributed by atoms with E-state index in [9.17, 15) is 0 Å². The Morgan fingerprint density at radius 2 is 1.93 bits per heavy atom. The van der Waals surface area contributed by atoms with Crippen LogP contribution in [0.2, 0.25) is 0 Å². The fourth-order valence-corrected chi connectivity index (χ4v) is 1.89. The molecule has 0 spiro atoms. The van der Waals surface area contributed by atoms with Crippen LogP contribution < -0.4 is 5.32 Å². The van der Waals surface area contributed by atoms with E-state index in [4.69, 9.17) is 0 Å². The molecule has 1 saturated heterocycles. The van der Waals surface area contributed by atoms with Crippen LogP contribution in [0.25, 0.3) is 0 Å². The lowest BCUT2D eigenvalue weighted by molar-refractivity contribution is 0.235. The molecule has 1 aromatic heterocycles. The average molecular weight is 209 g/mol. The summed E-state index contributed by atoms with van der Waals surface area (Å²) in [7, 11) is 0. The molecule has 0 saturated carbocycles. The summed E-state index contributed by atoms with van der Waals surface area (Å²) >= 11 is 0. The van der Waals surface area contributed by atoms with Gasteiger partial charge < -0.3 is 10.2 Å². The maximum absolute atomic E-state index is 4.08. The molecule has 0 atom stereocenters. The molecule has 1 aliphatic heterocycles. The maximum Gasteiger partial charge on any atom is 0.137 e. The summed E-state index contributed by atoms with van der Waals surface area (Å²) in [6.45, 7) is 6.89. The van der Waals surface area contributed by atoms with Gasteiger partial charge in [-0.3, -0.25) is 4.68 Å². The van der Waals surface area contributed by atoms with E-state index in [1.165, 1.54) is 32.5 Å². The van der Waals surface area contributed by atoms with Gasteiger partial charge in [0.1, 0.15) is 12.7 Å². The minimum absolute atomic E-state index is 0.992. The van der Waals surface area contributed by atoms with Gasteiger partial charge in [-0.15, -0.1) is 0 Å². The lowest BCUT2D eigenvalue weighted by atomic mass is 10.2. The lowest BCUT2D eigenvalue weighted by Gasteiger charge is -2.26. The summed E-state index contributed by atoms with van der Waals surface area (Å²) in [5.41, 5.74) is 0. The van der Waals surface area contributed by atoms with Gasteiger partial charge in [0.15, 0.2) is 0 Å². The van der Waals surface area contributed by atoms with Gasteiger partial charge in [-0.1, -0.05) is 0 Å². The summed E-state index contributed by atoms with van der Waals surface area (Å²) in [4.78, 5) is 6.45. The van der Waals surface area contributed by atoms with Crippen LogP contribution in [0.1, 0.15) is 12.8 Å². The second-order valence-corrected chi connectivity index (χ2v) is 3.96. The zero-order valence-electron chi connectivity index (χ0n) is 9.10. The molecule has 1 N–H and O–H groups in total. The molecule has 15 heavy (non-hydrogen) atoms. The van der Waals surface area contributed by atoms with Crippen LogP contribution in [-0.2, 0) is 6.54 Å². The number of piperazine rings is 1. The number of unbranched alkanes of at least 4 members (excludes halogenated alkanes) is 1. The summed E-state index contributed by atoms with van der Waals surface area (Å²) in [5, 5.41) is 7.45. The van der Waals surface area contributed by atoms with E-state index in [-0.39, 0.29) is 0 Å². The molecule has 1 aromatic rings. The molecular formula is C10H19N5. The minimum Gasteiger partial charge on any atom is -0.314 e. The van der Waals surface area contributed by atoms with Gasteiger partial charge in [0.2, 0.25) is 0 Å². The molecule has 84 valence electrons. The van der Waals surface area contributed by atoms with Crippen LogP contribution in [0.3, 0.4) is 0 Å². The highest BCUT2D eigenvalue weighted by atomic mass is 15.3. The zero-order chi connectivity index (χ0) is 10.3. The Kier molecular flexibility index (Phi) is 4.11. The van der Waals surface area contributed by atoms with Crippen LogP contribution >= 0.6 is 0 Å². The largest absolute Gasteiger partial charge is 0.314 e.